The zero-order chi connectivity index (χ0) is 9.84. The van der Waals surface area contributed by atoms with Gasteiger partial charge in [0, 0.05) is 11.6 Å². The molecule has 0 heterocycles. The quantitative estimate of drug-likeness (QED) is 0.769. The normalized spacial score (nSPS) is 12.9. The van der Waals surface area contributed by atoms with E-state index in [1.807, 2.05) is 6.92 Å². The van der Waals surface area contributed by atoms with Crippen molar-refractivity contribution in [1.82, 2.24) is 0 Å². The number of hydrogen-bond donors (Lipinski definition) is 1. The Balaban J connectivity index is 2.98. The van der Waals surface area contributed by atoms with Crippen LogP contribution in [0.2, 0.25) is 0 Å². The lowest BCUT2D eigenvalue weighted by Crippen LogP contribution is -2.13. The molecule has 72 valence electrons. The van der Waals surface area contributed by atoms with Crippen molar-refractivity contribution >= 4 is 0 Å². The molecule has 0 aliphatic carbocycles. The molecule has 0 fully saturated rings. The van der Waals surface area contributed by atoms with E-state index < -0.39 is 17.7 Å². The zero-order valence-electron chi connectivity index (χ0n) is 7.56. The van der Waals surface area contributed by atoms with Gasteiger partial charge in [0.1, 0.15) is 11.6 Å². The van der Waals surface area contributed by atoms with Gasteiger partial charge in [-0.15, -0.1) is 0 Å². The van der Waals surface area contributed by atoms with E-state index in [0.29, 0.717) is 6.42 Å². The van der Waals surface area contributed by atoms with Gasteiger partial charge in [-0.05, 0) is 18.6 Å². The highest BCUT2D eigenvalue weighted by Crippen LogP contribution is 2.21. The van der Waals surface area contributed by atoms with E-state index in [9.17, 15) is 8.78 Å². The van der Waals surface area contributed by atoms with Crippen molar-refractivity contribution in [3.8, 4) is 0 Å². The Labute approximate surface area is 76.6 Å². The molecule has 1 aromatic rings. The van der Waals surface area contributed by atoms with Crippen LogP contribution in [0.15, 0.2) is 18.2 Å². The van der Waals surface area contributed by atoms with Gasteiger partial charge in [0.2, 0.25) is 0 Å². The van der Waals surface area contributed by atoms with Crippen LogP contribution in [0.3, 0.4) is 0 Å². The van der Waals surface area contributed by atoms with Crippen molar-refractivity contribution in [2.24, 2.45) is 5.73 Å². The molecule has 1 unspecified atom stereocenters. The number of rotatable bonds is 3. The van der Waals surface area contributed by atoms with Crippen LogP contribution < -0.4 is 5.73 Å². The molecule has 1 atom stereocenters. The van der Waals surface area contributed by atoms with Gasteiger partial charge in [-0.3, -0.25) is 0 Å². The third kappa shape index (κ3) is 2.25. The molecule has 0 spiro atoms. The van der Waals surface area contributed by atoms with Crippen LogP contribution in [0, 0.1) is 11.6 Å². The molecule has 0 saturated heterocycles. The average Bonchev–Trinajstić information content (AvgIpc) is 2.04. The minimum absolute atomic E-state index is 0.00403. The van der Waals surface area contributed by atoms with Crippen molar-refractivity contribution in [3.05, 3.63) is 35.4 Å². The van der Waals surface area contributed by atoms with Crippen molar-refractivity contribution in [1.29, 1.82) is 0 Å². The molecule has 1 aromatic carbocycles. The number of halogens is 2. The van der Waals surface area contributed by atoms with E-state index in [2.05, 4.69) is 0 Å². The summed E-state index contributed by atoms with van der Waals surface area (Å²) in [6, 6.07) is 3.26. The first-order valence-corrected chi connectivity index (χ1v) is 4.36. The molecule has 0 saturated carbocycles. The second-order valence-electron chi connectivity index (χ2n) is 3.03. The number of nitrogens with two attached hydrogens (primary N) is 1. The average molecular weight is 185 g/mol. The Morgan fingerprint density at radius 1 is 1.31 bits per heavy atom. The lowest BCUT2D eigenvalue weighted by Gasteiger charge is -2.12. The monoisotopic (exact) mass is 185 g/mol. The van der Waals surface area contributed by atoms with Gasteiger partial charge in [0.15, 0.2) is 0 Å². The zero-order valence-corrected chi connectivity index (χ0v) is 7.56. The molecule has 2 N–H and O–H groups in total. The smallest absolute Gasteiger partial charge is 0.130 e. The van der Waals surface area contributed by atoms with Crippen molar-refractivity contribution in [2.75, 3.05) is 0 Å². The van der Waals surface area contributed by atoms with E-state index >= 15 is 0 Å². The highest BCUT2D eigenvalue weighted by atomic mass is 19.1. The Bertz CT molecular complexity index is 266. The molecule has 1 nitrogen and oxygen atoms in total. The van der Waals surface area contributed by atoms with Crippen LogP contribution in [0.4, 0.5) is 8.78 Å². The van der Waals surface area contributed by atoms with Gasteiger partial charge in [0.05, 0.1) is 0 Å². The summed E-state index contributed by atoms with van der Waals surface area (Å²) in [6.07, 6.45) is 1.41. The fourth-order valence-corrected chi connectivity index (χ4v) is 1.32. The molecule has 0 aromatic heterocycles. The maximum Gasteiger partial charge on any atom is 0.130 e. The van der Waals surface area contributed by atoms with Crippen LogP contribution in [-0.4, -0.2) is 0 Å². The summed E-state index contributed by atoms with van der Waals surface area (Å²) in [5, 5.41) is 0. The number of benzene rings is 1. The molecule has 0 amide bonds. The summed E-state index contributed by atoms with van der Waals surface area (Å²) >= 11 is 0. The first-order valence-electron chi connectivity index (χ1n) is 4.36. The fourth-order valence-electron chi connectivity index (χ4n) is 1.32. The second kappa shape index (κ2) is 4.33. The van der Waals surface area contributed by atoms with Crippen LogP contribution in [0.5, 0.6) is 0 Å². The van der Waals surface area contributed by atoms with Gasteiger partial charge < -0.3 is 5.73 Å². The Morgan fingerprint density at radius 2 is 1.85 bits per heavy atom. The molecule has 0 radical (unpaired) electrons. The maximum atomic E-state index is 13.1. The largest absolute Gasteiger partial charge is 0.324 e. The van der Waals surface area contributed by atoms with Crippen molar-refractivity contribution in [3.63, 3.8) is 0 Å². The number of hydrogen-bond acceptors (Lipinski definition) is 1. The van der Waals surface area contributed by atoms with Crippen LogP contribution in [0.1, 0.15) is 31.4 Å². The van der Waals surface area contributed by atoms with Gasteiger partial charge in [-0.25, -0.2) is 8.78 Å². The Kier molecular flexibility index (Phi) is 3.37. The first-order chi connectivity index (χ1) is 6.16. The summed E-state index contributed by atoms with van der Waals surface area (Å²) in [7, 11) is 0. The lowest BCUT2D eigenvalue weighted by atomic mass is 10.0. The van der Waals surface area contributed by atoms with Crippen molar-refractivity contribution in [2.45, 2.75) is 25.8 Å². The maximum absolute atomic E-state index is 13.1. The predicted molar refractivity (Wildman–Crippen MR) is 48.2 cm³/mol. The van der Waals surface area contributed by atoms with Gasteiger partial charge >= 0.3 is 0 Å². The first kappa shape index (κ1) is 10.1. The lowest BCUT2D eigenvalue weighted by molar-refractivity contribution is 0.510. The Hall–Kier alpha value is -0.960. The summed E-state index contributed by atoms with van der Waals surface area (Å²) in [5.41, 5.74) is 5.63. The third-order valence-electron chi connectivity index (χ3n) is 1.97. The standard InChI is InChI=1S/C10H13F2N/c1-2-4-9(13)10-7(11)5-3-6-8(10)12/h3,5-6,9H,2,4,13H2,1H3. The van der Waals surface area contributed by atoms with Gasteiger partial charge in [0.25, 0.3) is 0 Å². The second-order valence-corrected chi connectivity index (χ2v) is 3.03. The van der Waals surface area contributed by atoms with E-state index in [1.54, 1.807) is 0 Å². The molecule has 0 aliphatic rings. The summed E-state index contributed by atoms with van der Waals surface area (Å²) in [6.45, 7) is 1.93. The minimum Gasteiger partial charge on any atom is -0.324 e. The minimum atomic E-state index is -0.555. The van der Waals surface area contributed by atoms with Crippen LogP contribution >= 0.6 is 0 Å². The topological polar surface area (TPSA) is 26.0 Å². The van der Waals surface area contributed by atoms with E-state index in [4.69, 9.17) is 5.73 Å². The van der Waals surface area contributed by atoms with E-state index in [0.717, 1.165) is 6.42 Å². The van der Waals surface area contributed by atoms with E-state index in [-0.39, 0.29) is 5.56 Å². The van der Waals surface area contributed by atoms with E-state index in [1.165, 1.54) is 18.2 Å². The summed E-state index contributed by atoms with van der Waals surface area (Å²) in [4.78, 5) is 0. The Morgan fingerprint density at radius 3 is 2.31 bits per heavy atom. The summed E-state index contributed by atoms with van der Waals surface area (Å²) < 4.78 is 26.2. The highest BCUT2D eigenvalue weighted by Gasteiger charge is 2.14. The predicted octanol–water partition coefficient (Wildman–Crippen LogP) is 2.76. The van der Waals surface area contributed by atoms with Crippen LogP contribution in [-0.2, 0) is 0 Å². The van der Waals surface area contributed by atoms with Crippen molar-refractivity contribution < 1.29 is 8.78 Å². The third-order valence-corrected chi connectivity index (χ3v) is 1.97. The SMILES string of the molecule is CCCC(N)c1c(F)cccc1F. The molecule has 0 bridgehead atoms. The molecule has 13 heavy (non-hydrogen) atoms. The molecule has 3 heteroatoms. The van der Waals surface area contributed by atoms with Crippen LogP contribution in [0.25, 0.3) is 0 Å². The molecule has 0 aliphatic heterocycles. The highest BCUT2D eigenvalue weighted by molar-refractivity contribution is 5.22. The summed E-state index contributed by atoms with van der Waals surface area (Å²) in [5.74, 6) is -1.11. The van der Waals surface area contributed by atoms with Gasteiger partial charge in [-0.2, -0.15) is 0 Å². The molecular formula is C10H13F2N. The van der Waals surface area contributed by atoms with Gasteiger partial charge in [-0.1, -0.05) is 19.4 Å². The molecule has 1 rings (SSSR count). The fraction of sp³-hybridized carbons (Fsp3) is 0.400. The molecular weight excluding hydrogens is 172 g/mol.